The van der Waals surface area contributed by atoms with Gasteiger partial charge in [0.15, 0.2) is 11.8 Å². The summed E-state index contributed by atoms with van der Waals surface area (Å²) in [5.74, 6) is -0.779. The summed E-state index contributed by atoms with van der Waals surface area (Å²) >= 11 is 0. The van der Waals surface area contributed by atoms with E-state index >= 15 is 0 Å². The van der Waals surface area contributed by atoms with Crippen molar-refractivity contribution in [2.24, 2.45) is 0 Å². The molecule has 1 saturated carbocycles. The molecule has 30 heavy (non-hydrogen) atoms. The second-order valence-electron chi connectivity index (χ2n) is 7.17. The Morgan fingerprint density at radius 2 is 1.87 bits per heavy atom. The van der Waals surface area contributed by atoms with Gasteiger partial charge in [0.25, 0.3) is 5.91 Å². The molecule has 0 radical (unpaired) electrons. The second kappa shape index (κ2) is 8.21. The van der Waals surface area contributed by atoms with Crippen LogP contribution in [-0.2, 0) is 9.53 Å². The van der Waals surface area contributed by atoms with Crippen molar-refractivity contribution in [1.29, 1.82) is 5.26 Å². The molecule has 1 amide bonds. The fourth-order valence-electron chi connectivity index (χ4n) is 3.09. The molecule has 4 rings (SSSR count). The van der Waals surface area contributed by atoms with Gasteiger partial charge >= 0.3 is 5.97 Å². The number of carbonyl (C=O) groups is 2. The summed E-state index contributed by atoms with van der Waals surface area (Å²) in [6.45, 7) is 1.49. The monoisotopic (exact) mass is 400 g/mol. The van der Waals surface area contributed by atoms with Crippen molar-refractivity contribution < 1.29 is 14.3 Å². The minimum Gasteiger partial charge on any atom is -0.448 e. The number of aromatic nitrogens is 2. The molecule has 0 aliphatic heterocycles. The molecular weight excluding hydrogens is 380 g/mol. The summed E-state index contributed by atoms with van der Waals surface area (Å²) in [4.78, 5) is 25.4. The first-order chi connectivity index (χ1) is 14.6. The second-order valence-corrected chi connectivity index (χ2v) is 7.17. The minimum atomic E-state index is -1.05. The molecule has 1 aromatic heterocycles. The first kappa shape index (κ1) is 19.4. The lowest BCUT2D eigenvalue weighted by molar-refractivity contribution is -0.123. The molecule has 7 heteroatoms. The molecule has 1 aliphatic rings. The molecule has 1 N–H and O–H groups in total. The normalized spacial score (nSPS) is 13.9. The number of nitriles is 1. The quantitative estimate of drug-likeness (QED) is 0.635. The summed E-state index contributed by atoms with van der Waals surface area (Å²) in [6, 6.07) is 19.7. The number of anilines is 1. The van der Waals surface area contributed by atoms with Crippen LogP contribution in [0.15, 0.2) is 60.7 Å². The minimum absolute atomic E-state index is 0.278. The van der Waals surface area contributed by atoms with Crippen molar-refractivity contribution >= 4 is 17.6 Å². The number of esters is 1. The number of carbonyl (C=O) groups excluding carboxylic acids is 2. The Morgan fingerprint density at radius 3 is 2.57 bits per heavy atom. The van der Waals surface area contributed by atoms with Crippen LogP contribution in [0.4, 0.5) is 5.69 Å². The van der Waals surface area contributed by atoms with Gasteiger partial charge in [-0.1, -0.05) is 30.3 Å². The number of para-hydroxylation sites is 2. The Kier molecular flexibility index (Phi) is 5.31. The summed E-state index contributed by atoms with van der Waals surface area (Å²) in [6.07, 6.45) is 1.06. The molecule has 1 aliphatic carbocycles. The van der Waals surface area contributed by atoms with E-state index in [2.05, 4.69) is 10.4 Å². The van der Waals surface area contributed by atoms with Crippen molar-refractivity contribution in [2.75, 3.05) is 5.32 Å². The van der Waals surface area contributed by atoms with E-state index in [9.17, 15) is 9.59 Å². The third-order valence-corrected chi connectivity index (χ3v) is 4.89. The Hall–Kier alpha value is -3.92. The molecular formula is C23H20N4O3. The van der Waals surface area contributed by atoms with Crippen LogP contribution in [0.2, 0.25) is 0 Å². The van der Waals surface area contributed by atoms with Crippen LogP contribution in [0.5, 0.6) is 0 Å². The maximum atomic E-state index is 12.9. The molecule has 1 fully saturated rings. The molecule has 150 valence electrons. The SMILES string of the molecule is C[C@@H](OC(=O)c1cc(C2CC2)nn1-c1ccccc1)C(=O)Nc1ccccc1C#N. The predicted molar refractivity (Wildman–Crippen MR) is 110 cm³/mol. The van der Waals surface area contributed by atoms with Gasteiger partial charge < -0.3 is 10.1 Å². The fourth-order valence-corrected chi connectivity index (χ4v) is 3.09. The third-order valence-electron chi connectivity index (χ3n) is 4.89. The van der Waals surface area contributed by atoms with Crippen LogP contribution in [0.1, 0.15) is 47.4 Å². The van der Waals surface area contributed by atoms with Crippen molar-refractivity contribution in [3.05, 3.63) is 77.6 Å². The Labute approximate surface area is 173 Å². The number of benzene rings is 2. The fraction of sp³-hybridized carbons (Fsp3) is 0.217. The van der Waals surface area contributed by atoms with Gasteiger partial charge in [-0.3, -0.25) is 4.79 Å². The van der Waals surface area contributed by atoms with Crippen molar-refractivity contribution in [3.63, 3.8) is 0 Å². The first-order valence-corrected chi connectivity index (χ1v) is 9.73. The average molecular weight is 400 g/mol. The van der Waals surface area contributed by atoms with E-state index in [1.165, 1.54) is 6.92 Å². The lowest BCUT2D eigenvalue weighted by atomic mass is 10.2. The van der Waals surface area contributed by atoms with Crippen molar-refractivity contribution in [2.45, 2.75) is 31.8 Å². The molecule has 0 unspecified atom stereocenters. The predicted octanol–water partition coefficient (Wildman–Crippen LogP) is 3.81. The number of nitrogens with zero attached hydrogens (tertiary/aromatic N) is 3. The van der Waals surface area contributed by atoms with E-state index in [1.807, 2.05) is 36.4 Å². The van der Waals surface area contributed by atoms with E-state index in [0.29, 0.717) is 17.2 Å². The van der Waals surface area contributed by atoms with E-state index < -0.39 is 18.0 Å². The average Bonchev–Trinajstić information content (AvgIpc) is 3.52. The highest BCUT2D eigenvalue weighted by molar-refractivity contribution is 5.97. The third kappa shape index (κ3) is 4.08. The van der Waals surface area contributed by atoms with E-state index in [1.54, 1.807) is 35.0 Å². The number of ether oxygens (including phenoxy) is 1. The largest absolute Gasteiger partial charge is 0.448 e. The van der Waals surface area contributed by atoms with Gasteiger partial charge in [0.05, 0.1) is 22.6 Å². The number of hydrogen-bond donors (Lipinski definition) is 1. The standard InChI is InChI=1S/C23H20N4O3/c1-15(22(28)25-19-10-6-5-7-17(19)14-24)30-23(29)21-13-20(16-11-12-16)26-27(21)18-8-3-2-4-9-18/h2-10,13,15-16H,11-12H2,1H3,(H,25,28)/t15-/m1/s1. The Morgan fingerprint density at radius 1 is 1.17 bits per heavy atom. The molecule has 0 saturated heterocycles. The van der Waals surface area contributed by atoms with Crippen LogP contribution in [-0.4, -0.2) is 27.8 Å². The molecule has 0 bridgehead atoms. The maximum absolute atomic E-state index is 12.9. The summed E-state index contributed by atoms with van der Waals surface area (Å²) in [7, 11) is 0. The molecule has 1 atom stereocenters. The van der Waals surface area contributed by atoms with E-state index in [0.717, 1.165) is 24.2 Å². The number of rotatable bonds is 6. The zero-order valence-electron chi connectivity index (χ0n) is 16.4. The van der Waals surface area contributed by atoms with Crippen LogP contribution < -0.4 is 5.32 Å². The summed E-state index contributed by atoms with van der Waals surface area (Å²) in [5, 5.41) is 16.4. The van der Waals surface area contributed by atoms with Crippen LogP contribution >= 0.6 is 0 Å². The number of nitrogens with one attached hydrogen (secondary N) is 1. The lowest BCUT2D eigenvalue weighted by Crippen LogP contribution is -2.30. The van der Waals surface area contributed by atoms with E-state index in [-0.39, 0.29) is 5.69 Å². The van der Waals surface area contributed by atoms with Crippen LogP contribution in [0.25, 0.3) is 5.69 Å². The number of amides is 1. The topological polar surface area (TPSA) is 97.0 Å². The Bertz CT molecular complexity index is 1130. The smallest absolute Gasteiger partial charge is 0.357 e. The summed E-state index contributed by atoms with van der Waals surface area (Å²) in [5.41, 5.74) is 2.58. The van der Waals surface area contributed by atoms with Gasteiger partial charge in [-0.05, 0) is 50.1 Å². The summed E-state index contributed by atoms with van der Waals surface area (Å²) < 4.78 is 6.99. The number of hydrogen-bond acceptors (Lipinski definition) is 5. The van der Waals surface area contributed by atoms with Gasteiger partial charge in [-0.15, -0.1) is 0 Å². The zero-order valence-corrected chi connectivity index (χ0v) is 16.4. The highest BCUT2D eigenvalue weighted by atomic mass is 16.5. The van der Waals surface area contributed by atoms with Gasteiger partial charge in [0.1, 0.15) is 6.07 Å². The van der Waals surface area contributed by atoms with Crippen molar-refractivity contribution in [1.82, 2.24) is 9.78 Å². The van der Waals surface area contributed by atoms with Crippen LogP contribution in [0.3, 0.4) is 0 Å². The molecule has 3 aromatic rings. The molecule has 7 nitrogen and oxygen atoms in total. The molecule has 1 heterocycles. The Balaban J connectivity index is 1.52. The van der Waals surface area contributed by atoms with Crippen LogP contribution in [0, 0.1) is 11.3 Å². The van der Waals surface area contributed by atoms with Gasteiger partial charge in [-0.25, -0.2) is 9.48 Å². The maximum Gasteiger partial charge on any atom is 0.357 e. The molecule has 0 spiro atoms. The zero-order chi connectivity index (χ0) is 21.1. The molecule has 2 aromatic carbocycles. The van der Waals surface area contributed by atoms with Gasteiger partial charge in [0, 0.05) is 5.92 Å². The first-order valence-electron chi connectivity index (χ1n) is 9.73. The van der Waals surface area contributed by atoms with Gasteiger partial charge in [-0.2, -0.15) is 10.4 Å². The highest BCUT2D eigenvalue weighted by Crippen LogP contribution is 2.39. The lowest BCUT2D eigenvalue weighted by Gasteiger charge is -2.14. The van der Waals surface area contributed by atoms with E-state index in [4.69, 9.17) is 10.00 Å². The van der Waals surface area contributed by atoms with Gasteiger partial charge in [0.2, 0.25) is 0 Å². The van der Waals surface area contributed by atoms with Crippen molar-refractivity contribution in [3.8, 4) is 11.8 Å². The highest BCUT2D eigenvalue weighted by Gasteiger charge is 2.30.